The van der Waals surface area contributed by atoms with Crippen molar-refractivity contribution in [2.75, 3.05) is 55.7 Å². The van der Waals surface area contributed by atoms with Gasteiger partial charge in [-0.05, 0) is 134 Å². The molecule has 0 saturated heterocycles. The van der Waals surface area contributed by atoms with Crippen molar-refractivity contribution in [2.24, 2.45) is 0 Å². The standard InChI is InChI=1S/C66H78N8O12S2/c1-8-11-18-29-68-62(78)53-37-42(36-52(71-53)61(77)67-10-3)49-41-51-60(47-25-17-15-23-45(47)49)74(33-21-34-87(81,82)83)57(66(51,6)7)27-20-26-56-65(4,5)50-40-48(44-22-14-16-24-46(44)59(50)73(56)32-9-2)43-38-54(63(79)69-30-19-12-13-28-58(75)76)72-55(39-43)64(80)70-31-35-88(84,85)86/h14-17,20,22-27,36-41H,8-13,18-19,21,28-35H2,1-7H3,(H6-,67,68,69,70,75,76,77,78,79,80,81,82,83,84,85,86)/p+1. The molecule has 466 valence electrons. The molecule has 0 atom stereocenters. The number of allylic oxidation sites excluding steroid dienone is 4. The molecule has 0 bridgehead atoms. The van der Waals surface area contributed by atoms with E-state index >= 15 is 0 Å². The number of hydrogen-bond donors (Lipinski definition) is 7. The quantitative estimate of drug-likeness (QED) is 0.0137. The van der Waals surface area contributed by atoms with E-state index < -0.39 is 78.7 Å². The number of nitrogens with one attached hydrogen (secondary N) is 4. The first-order valence-corrected chi connectivity index (χ1v) is 33.2. The molecular weight excluding hydrogens is 1160 g/mol. The number of aliphatic carboxylic acids is 1. The molecule has 4 heterocycles. The average Bonchev–Trinajstić information content (AvgIpc) is 1.55. The van der Waals surface area contributed by atoms with Gasteiger partial charge in [0, 0.05) is 73.7 Å². The molecule has 7 N–H and O–H groups in total. The van der Waals surface area contributed by atoms with Gasteiger partial charge in [-0.15, -0.1) is 0 Å². The van der Waals surface area contributed by atoms with Gasteiger partial charge in [0.25, 0.3) is 43.9 Å². The van der Waals surface area contributed by atoms with Crippen molar-refractivity contribution in [2.45, 2.75) is 117 Å². The molecule has 0 fully saturated rings. The van der Waals surface area contributed by atoms with Gasteiger partial charge < -0.3 is 31.3 Å². The Labute approximate surface area is 514 Å². The number of anilines is 1. The molecule has 0 unspecified atom stereocenters. The Balaban J connectivity index is 1.24. The molecule has 20 nitrogen and oxygen atoms in total. The molecule has 0 aliphatic carbocycles. The van der Waals surface area contributed by atoms with Crippen LogP contribution in [0.5, 0.6) is 0 Å². The van der Waals surface area contributed by atoms with E-state index in [-0.39, 0.29) is 48.7 Å². The van der Waals surface area contributed by atoms with Gasteiger partial charge in [-0.3, -0.25) is 33.1 Å². The first-order chi connectivity index (χ1) is 41.8. The van der Waals surface area contributed by atoms with Crippen LogP contribution in [-0.2, 0) is 35.9 Å². The van der Waals surface area contributed by atoms with Gasteiger partial charge >= 0.3 is 5.97 Å². The van der Waals surface area contributed by atoms with Crippen molar-refractivity contribution < 1.29 is 59.6 Å². The largest absolute Gasteiger partial charge is 0.481 e. The first kappa shape index (κ1) is 65.8. The van der Waals surface area contributed by atoms with Crippen molar-refractivity contribution in [3.8, 4) is 22.3 Å². The predicted molar refractivity (Wildman–Crippen MR) is 343 cm³/mol. The average molecular weight is 1240 g/mol. The highest BCUT2D eigenvalue weighted by molar-refractivity contribution is 7.86. The lowest BCUT2D eigenvalue weighted by atomic mass is 9.79. The lowest BCUT2D eigenvalue weighted by Gasteiger charge is -2.27. The van der Waals surface area contributed by atoms with Gasteiger partial charge in [0.15, 0.2) is 5.71 Å². The minimum atomic E-state index is -4.41. The van der Waals surface area contributed by atoms with Crippen LogP contribution in [0.1, 0.15) is 159 Å². The van der Waals surface area contributed by atoms with Crippen LogP contribution < -0.4 is 26.2 Å². The van der Waals surface area contributed by atoms with Crippen LogP contribution in [0, 0.1) is 0 Å². The van der Waals surface area contributed by atoms with Crippen LogP contribution in [0.3, 0.4) is 0 Å². The number of pyridine rings is 2. The van der Waals surface area contributed by atoms with Crippen LogP contribution in [0.15, 0.2) is 109 Å². The van der Waals surface area contributed by atoms with Gasteiger partial charge in [0.05, 0.1) is 28.0 Å². The third-order valence-corrected chi connectivity index (χ3v) is 17.7. The molecule has 88 heavy (non-hydrogen) atoms. The summed E-state index contributed by atoms with van der Waals surface area (Å²) >= 11 is 0. The fraction of sp³-hybridized carbons (Fsp3) is 0.394. The summed E-state index contributed by atoms with van der Waals surface area (Å²) in [6, 6.07) is 26.4. The minimum Gasteiger partial charge on any atom is -0.481 e. The highest BCUT2D eigenvalue weighted by Gasteiger charge is 2.47. The van der Waals surface area contributed by atoms with E-state index in [2.05, 4.69) is 100 Å². The van der Waals surface area contributed by atoms with E-state index in [1.165, 1.54) is 0 Å². The number of nitrogens with zero attached hydrogens (tertiary/aromatic N) is 4. The maximum atomic E-state index is 13.9. The van der Waals surface area contributed by atoms with Crippen LogP contribution in [0.2, 0.25) is 0 Å². The monoisotopic (exact) mass is 1240 g/mol. The number of carbonyl (C=O) groups excluding carboxylic acids is 4. The summed E-state index contributed by atoms with van der Waals surface area (Å²) in [7, 11) is -8.74. The highest BCUT2D eigenvalue weighted by atomic mass is 32.2. The zero-order valence-electron chi connectivity index (χ0n) is 51.0. The summed E-state index contributed by atoms with van der Waals surface area (Å²) in [6.07, 6.45) is 11.2. The number of benzene rings is 4. The molecule has 0 spiro atoms. The lowest BCUT2D eigenvalue weighted by molar-refractivity contribution is -0.435. The van der Waals surface area contributed by atoms with Crippen LogP contribution >= 0.6 is 0 Å². The second-order valence-electron chi connectivity index (χ2n) is 23.3. The summed E-state index contributed by atoms with van der Waals surface area (Å²) < 4.78 is 69.2. The lowest BCUT2D eigenvalue weighted by Crippen LogP contribution is -2.31. The summed E-state index contributed by atoms with van der Waals surface area (Å²) in [5.41, 5.74) is 6.56. The summed E-state index contributed by atoms with van der Waals surface area (Å²) in [6.45, 7) is 15.9. The molecule has 4 amide bonds. The number of aromatic nitrogens is 2. The predicted octanol–water partition coefficient (Wildman–Crippen LogP) is 10.1. The summed E-state index contributed by atoms with van der Waals surface area (Å²) in [4.78, 5) is 77.2. The third kappa shape index (κ3) is 15.0. The Hall–Kier alpha value is -8.18. The normalized spacial score (nSPS) is 14.8. The molecular formula is C66H79N8O12S2+. The van der Waals surface area contributed by atoms with Gasteiger partial charge in [-0.25, -0.2) is 9.97 Å². The Morgan fingerprint density at radius 3 is 1.60 bits per heavy atom. The molecule has 0 radical (unpaired) electrons. The van der Waals surface area contributed by atoms with E-state index in [1.54, 1.807) is 24.3 Å². The Morgan fingerprint density at radius 1 is 0.580 bits per heavy atom. The number of hydrogen-bond acceptors (Lipinski definition) is 12. The second-order valence-corrected chi connectivity index (χ2v) is 26.4. The van der Waals surface area contributed by atoms with Crippen molar-refractivity contribution >= 4 is 88.5 Å². The molecule has 2 aliphatic heterocycles. The Kier molecular flexibility index (Phi) is 20.9. The smallest absolute Gasteiger partial charge is 0.303 e. The SMILES string of the molecule is CCCCCNC(=O)c1cc(-c2cc3c(c4ccccc24)[N+](CCCS(=O)(=O)O)=C(/C=C/C=C2/N(CCC)c4c(cc(-c5cc(C(=O)NCCCCCC(=O)O)nc(C(=O)NCCS(=O)(=O)O)c5)c5ccccc45)C2(C)C)C3(C)C)cc(C(=O)NCC)n1. The molecule has 6 aromatic rings. The van der Waals surface area contributed by atoms with Crippen LogP contribution in [0.4, 0.5) is 11.4 Å². The number of carboxylic acids is 1. The number of rotatable bonds is 28. The number of carbonyl (C=O) groups is 5. The van der Waals surface area contributed by atoms with Crippen LogP contribution in [0.25, 0.3) is 43.8 Å². The maximum Gasteiger partial charge on any atom is 0.303 e. The van der Waals surface area contributed by atoms with Crippen molar-refractivity contribution in [1.82, 2.24) is 31.2 Å². The second kappa shape index (κ2) is 27.9. The first-order valence-electron chi connectivity index (χ1n) is 30.0. The van der Waals surface area contributed by atoms with E-state index in [0.29, 0.717) is 55.6 Å². The number of fused-ring (bicyclic) bond motifs is 6. The van der Waals surface area contributed by atoms with Gasteiger partial charge in [-0.2, -0.15) is 21.4 Å². The van der Waals surface area contributed by atoms with Gasteiger partial charge in [0.2, 0.25) is 5.69 Å². The van der Waals surface area contributed by atoms with Crippen molar-refractivity contribution in [1.29, 1.82) is 0 Å². The zero-order chi connectivity index (χ0) is 63.7. The molecule has 2 aliphatic rings. The zero-order valence-corrected chi connectivity index (χ0v) is 52.6. The van der Waals surface area contributed by atoms with E-state index in [1.807, 2.05) is 67.6 Å². The Morgan fingerprint density at radius 2 is 1.08 bits per heavy atom. The fourth-order valence-electron chi connectivity index (χ4n) is 11.9. The molecule has 4 aromatic carbocycles. The number of carboxylic acid groups (broad SMARTS) is 1. The number of amides is 4. The van der Waals surface area contributed by atoms with Crippen molar-refractivity contribution in [3.63, 3.8) is 0 Å². The van der Waals surface area contributed by atoms with E-state index in [4.69, 9.17) is 5.11 Å². The topological polar surface area (TPSA) is 294 Å². The van der Waals surface area contributed by atoms with E-state index in [9.17, 15) is 49.9 Å². The van der Waals surface area contributed by atoms with Gasteiger partial charge in [0.1, 0.15) is 29.3 Å². The fourth-order valence-corrected chi connectivity index (χ4v) is 12.7. The molecule has 0 saturated carbocycles. The minimum absolute atomic E-state index is 0.00298. The molecule has 2 aromatic heterocycles. The maximum absolute atomic E-state index is 13.9. The Bertz CT molecular complexity index is 4040. The van der Waals surface area contributed by atoms with Crippen LogP contribution in [-0.4, -0.2) is 132 Å². The highest BCUT2D eigenvalue weighted by Crippen LogP contribution is 2.53. The van der Waals surface area contributed by atoms with Crippen molar-refractivity contribution in [3.05, 3.63) is 143 Å². The van der Waals surface area contributed by atoms with E-state index in [0.717, 1.165) is 86.7 Å². The summed E-state index contributed by atoms with van der Waals surface area (Å²) in [5.74, 6) is -4.27. The molecule has 22 heteroatoms. The summed E-state index contributed by atoms with van der Waals surface area (Å²) in [5, 5.41) is 23.6. The number of unbranched alkanes of at least 4 members (excludes halogenated alkanes) is 4. The molecule has 8 rings (SSSR count). The van der Waals surface area contributed by atoms with Gasteiger partial charge in [-0.1, -0.05) is 95.5 Å². The third-order valence-electron chi connectivity index (χ3n) is 16.1.